The van der Waals surface area contributed by atoms with Crippen molar-refractivity contribution in [3.63, 3.8) is 0 Å². The largest absolute Gasteiger partial charge is 0.479 e. The highest BCUT2D eigenvalue weighted by Crippen LogP contribution is 2.32. The van der Waals surface area contributed by atoms with Crippen LogP contribution in [0.15, 0.2) is 30.4 Å². The number of esters is 1. The molecule has 2 heterocycles. The lowest BCUT2D eigenvalue weighted by Crippen LogP contribution is -2.61. The molecule has 19 nitrogen and oxygen atoms in total. The third-order valence-corrected chi connectivity index (χ3v) is 9.85. The van der Waals surface area contributed by atoms with Gasteiger partial charge in [-0.1, -0.05) is 33.8 Å². The molecular formula is C39H56N4O15. The molecule has 6 atom stereocenters. The van der Waals surface area contributed by atoms with Crippen molar-refractivity contribution in [1.29, 1.82) is 0 Å². The van der Waals surface area contributed by atoms with Crippen LogP contribution in [0, 0.1) is 11.3 Å². The van der Waals surface area contributed by atoms with Crippen LogP contribution in [-0.4, -0.2) is 129 Å². The molecule has 1 aromatic rings. The number of anilines is 1. The molecule has 0 aliphatic carbocycles. The summed E-state index contributed by atoms with van der Waals surface area (Å²) in [5.41, 5.74) is -1.05. The zero-order valence-corrected chi connectivity index (χ0v) is 33.6. The van der Waals surface area contributed by atoms with Gasteiger partial charge in [-0.15, -0.1) is 0 Å². The average molecular weight is 821 g/mol. The summed E-state index contributed by atoms with van der Waals surface area (Å²) in [6, 6.07) is 4.28. The van der Waals surface area contributed by atoms with Gasteiger partial charge >= 0.3 is 11.9 Å². The van der Waals surface area contributed by atoms with Crippen LogP contribution in [0.4, 0.5) is 5.69 Å². The molecule has 1 unspecified atom stereocenters. The highest BCUT2D eigenvalue weighted by molar-refractivity contribution is 6.13. The molecule has 2 aliphatic rings. The fraction of sp³-hybridized carbons (Fsp3) is 0.615. The maximum Gasteiger partial charge on any atom is 0.335 e. The lowest BCUT2D eigenvalue weighted by Gasteiger charge is -2.38. The van der Waals surface area contributed by atoms with Gasteiger partial charge in [0.25, 0.3) is 11.8 Å². The lowest BCUT2D eigenvalue weighted by atomic mass is 9.83. The molecule has 5 amide bonds. The molecule has 0 saturated carbocycles. The predicted molar refractivity (Wildman–Crippen MR) is 203 cm³/mol. The van der Waals surface area contributed by atoms with Gasteiger partial charge in [-0.25, -0.2) is 4.79 Å². The standard InChI is InChI=1S/C39H56N4O15/c1-7-39(6,15-19-56-38(4,5)14-17-40-26(44)13-18-43-28(46)10-11-29(43)47)37(54)41-16-12-27(45)42-24-20-23(21-55-35(53)22(2)3)8-9-25(24)57-36-32(50)30(48)31(49)33(58-36)34(51)52/h8-11,20,22,30-33,36,48-50H,7,12-19,21H2,1-6H3,(H,40,44)(H,41,54)(H,42,45)(H,51,52)/t30-,31-,32+,33-,36+,39?/m0/s1. The van der Waals surface area contributed by atoms with E-state index in [-0.39, 0.29) is 68.9 Å². The number of carbonyl (C=O) groups is 7. The molecule has 0 radical (unpaired) electrons. The Morgan fingerprint density at radius 3 is 2.19 bits per heavy atom. The van der Waals surface area contributed by atoms with Crippen LogP contribution in [0.5, 0.6) is 5.75 Å². The summed E-state index contributed by atoms with van der Waals surface area (Å²) >= 11 is 0. The number of benzene rings is 1. The summed E-state index contributed by atoms with van der Waals surface area (Å²) in [6.45, 7) is 10.9. The number of hydrogen-bond donors (Lipinski definition) is 7. The van der Waals surface area contributed by atoms with E-state index in [2.05, 4.69) is 16.0 Å². The number of carboxylic acid groups (broad SMARTS) is 1. The van der Waals surface area contributed by atoms with Crippen molar-refractivity contribution in [2.75, 3.05) is 31.6 Å². The molecule has 1 fully saturated rings. The second-order valence-electron chi connectivity index (χ2n) is 15.3. The van der Waals surface area contributed by atoms with E-state index in [9.17, 15) is 54.0 Å². The topological polar surface area (TPSA) is 277 Å². The normalized spacial score (nSPS) is 21.7. The zero-order valence-electron chi connectivity index (χ0n) is 33.6. The zero-order chi connectivity index (χ0) is 43.4. The average Bonchev–Trinajstić information content (AvgIpc) is 3.48. The molecule has 0 bridgehead atoms. The highest BCUT2D eigenvalue weighted by atomic mass is 16.7. The maximum absolute atomic E-state index is 13.3. The van der Waals surface area contributed by atoms with Gasteiger partial charge in [0.1, 0.15) is 30.7 Å². The number of carboxylic acids is 1. The Balaban J connectivity index is 1.53. The maximum atomic E-state index is 13.3. The Morgan fingerprint density at radius 2 is 1.57 bits per heavy atom. The van der Waals surface area contributed by atoms with Crippen LogP contribution in [0.2, 0.25) is 0 Å². The quantitative estimate of drug-likeness (QED) is 0.0621. The van der Waals surface area contributed by atoms with Crippen LogP contribution in [0.1, 0.15) is 79.2 Å². The molecule has 322 valence electrons. The molecular weight excluding hydrogens is 764 g/mol. The van der Waals surface area contributed by atoms with Gasteiger partial charge in [0.2, 0.25) is 24.0 Å². The number of rotatable bonds is 22. The third kappa shape index (κ3) is 13.6. The number of imide groups is 1. The summed E-state index contributed by atoms with van der Waals surface area (Å²) in [5.74, 6) is -4.68. The van der Waals surface area contributed by atoms with E-state index in [4.69, 9.17) is 18.9 Å². The molecule has 2 aliphatic heterocycles. The number of ether oxygens (including phenoxy) is 4. The van der Waals surface area contributed by atoms with Crippen LogP contribution in [-0.2, 0) is 54.4 Å². The lowest BCUT2D eigenvalue weighted by molar-refractivity contribution is -0.271. The summed E-state index contributed by atoms with van der Waals surface area (Å²) in [4.78, 5) is 86.7. The predicted octanol–water partition coefficient (Wildman–Crippen LogP) is 0.525. The molecule has 0 spiro atoms. The minimum atomic E-state index is -1.94. The van der Waals surface area contributed by atoms with E-state index < -0.39 is 77.3 Å². The Labute approximate surface area is 336 Å². The monoisotopic (exact) mass is 820 g/mol. The second kappa shape index (κ2) is 21.2. The minimum Gasteiger partial charge on any atom is -0.479 e. The van der Waals surface area contributed by atoms with Crippen molar-refractivity contribution in [2.24, 2.45) is 11.3 Å². The molecule has 1 saturated heterocycles. The first kappa shape index (κ1) is 47.4. The van der Waals surface area contributed by atoms with Gasteiger partial charge in [-0.2, -0.15) is 0 Å². The number of aliphatic hydroxyl groups excluding tert-OH is 3. The van der Waals surface area contributed by atoms with E-state index in [1.165, 1.54) is 18.2 Å². The molecule has 19 heteroatoms. The summed E-state index contributed by atoms with van der Waals surface area (Å²) in [7, 11) is 0. The Kier molecular flexibility index (Phi) is 17.3. The van der Waals surface area contributed by atoms with E-state index in [1.54, 1.807) is 20.8 Å². The number of aliphatic carboxylic acids is 1. The van der Waals surface area contributed by atoms with Gasteiger partial charge in [-0.3, -0.25) is 33.7 Å². The van der Waals surface area contributed by atoms with Gasteiger partial charge in [-0.05, 0) is 50.8 Å². The van der Waals surface area contributed by atoms with Crippen LogP contribution < -0.4 is 20.7 Å². The van der Waals surface area contributed by atoms with Gasteiger partial charge in [0, 0.05) is 56.6 Å². The first-order chi connectivity index (χ1) is 27.2. The number of amides is 5. The molecule has 58 heavy (non-hydrogen) atoms. The number of hydrogen-bond acceptors (Lipinski definition) is 14. The molecule has 3 rings (SSSR count). The van der Waals surface area contributed by atoms with E-state index >= 15 is 0 Å². The smallest absolute Gasteiger partial charge is 0.335 e. The number of carbonyl (C=O) groups excluding carboxylic acids is 6. The van der Waals surface area contributed by atoms with Crippen molar-refractivity contribution < 1.29 is 72.9 Å². The minimum absolute atomic E-state index is 0.0135. The van der Waals surface area contributed by atoms with Crippen molar-refractivity contribution in [2.45, 2.75) is 117 Å². The Bertz CT molecular complexity index is 1680. The highest BCUT2D eigenvalue weighted by Gasteiger charge is 2.48. The number of nitrogens with zero attached hydrogens (tertiary/aromatic N) is 1. The first-order valence-electron chi connectivity index (χ1n) is 19.1. The van der Waals surface area contributed by atoms with E-state index in [0.29, 0.717) is 24.8 Å². The van der Waals surface area contributed by atoms with Crippen LogP contribution in [0.25, 0.3) is 0 Å². The Morgan fingerprint density at radius 1 is 0.897 bits per heavy atom. The van der Waals surface area contributed by atoms with E-state index in [1.807, 2.05) is 20.8 Å². The van der Waals surface area contributed by atoms with Crippen LogP contribution in [0.3, 0.4) is 0 Å². The summed E-state index contributed by atoms with van der Waals surface area (Å²) < 4.78 is 22.3. The second-order valence-corrected chi connectivity index (χ2v) is 15.3. The Hall–Kier alpha value is -4.95. The van der Waals surface area contributed by atoms with Crippen molar-refractivity contribution in [3.8, 4) is 5.75 Å². The third-order valence-electron chi connectivity index (χ3n) is 9.85. The fourth-order valence-electron chi connectivity index (χ4n) is 5.71. The van der Waals surface area contributed by atoms with Gasteiger partial charge in [0.05, 0.1) is 17.2 Å². The molecule has 0 aromatic heterocycles. The van der Waals surface area contributed by atoms with Crippen molar-refractivity contribution in [3.05, 3.63) is 35.9 Å². The van der Waals surface area contributed by atoms with Gasteiger partial charge < -0.3 is 55.3 Å². The molecule has 1 aromatic carbocycles. The SMILES string of the molecule is CCC(C)(CCOC(C)(C)CCNC(=O)CCN1C(=O)C=CC1=O)C(=O)NCCC(=O)Nc1cc(COC(=O)C(C)C)ccc1O[C@@H]1O[C@H](C(=O)O)[C@@H](O)[C@H](O)[C@H]1O. The fourth-order valence-corrected chi connectivity index (χ4v) is 5.71. The van der Waals surface area contributed by atoms with E-state index in [0.717, 1.165) is 17.1 Å². The first-order valence-corrected chi connectivity index (χ1v) is 19.1. The summed E-state index contributed by atoms with van der Waals surface area (Å²) in [6.07, 6.45) is -6.08. The molecule has 7 N–H and O–H groups in total. The van der Waals surface area contributed by atoms with Crippen molar-refractivity contribution in [1.82, 2.24) is 15.5 Å². The number of aliphatic hydroxyl groups is 3. The van der Waals surface area contributed by atoms with Crippen molar-refractivity contribution >= 4 is 47.2 Å². The van der Waals surface area contributed by atoms with Gasteiger partial charge in [0.15, 0.2) is 6.10 Å². The summed E-state index contributed by atoms with van der Waals surface area (Å²) in [5, 5.41) is 48.3. The number of nitrogens with one attached hydrogen (secondary N) is 3. The van der Waals surface area contributed by atoms with Crippen LogP contribution >= 0.6 is 0 Å².